The Bertz CT molecular complexity index is 1600. The van der Waals surface area contributed by atoms with Crippen LogP contribution >= 0.6 is 7.82 Å². The number of quaternary nitrogens is 1. The van der Waals surface area contributed by atoms with Crippen LogP contribution in [-0.4, -0.2) is 74.9 Å². The number of phosphoric ester groups is 1. The number of carbonyl (C=O) groups is 2. The van der Waals surface area contributed by atoms with Crippen molar-refractivity contribution >= 4 is 19.8 Å². The molecule has 0 spiro atoms. The first kappa shape index (κ1) is 93.8. The predicted molar refractivity (Wildman–Crippen MR) is 414 cm³/mol. The van der Waals surface area contributed by atoms with E-state index in [9.17, 15) is 19.0 Å². The summed E-state index contributed by atoms with van der Waals surface area (Å²) in [5.74, 6) is -0.765. The predicted octanol–water partition coefficient (Wildman–Crippen LogP) is 28.6. The maximum Gasteiger partial charge on any atom is 0.472 e. The van der Waals surface area contributed by atoms with Crippen molar-refractivity contribution in [2.24, 2.45) is 0 Å². The molecule has 0 aromatic rings. The molecule has 95 heavy (non-hydrogen) atoms. The molecule has 9 nitrogen and oxygen atoms in total. The van der Waals surface area contributed by atoms with Gasteiger partial charge >= 0.3 is 19.8 Å². The highest BCUT2D eigenvalue weighted by Gasteiger charge is 2.27. The molecule has 0 aromatic heterocycles. The van der Waals surface area contributed by atoms with Crippen LogP contribution in [0, 0.1) is 0 Å². The number of esters is 2. The second-order valence-corrected chi connectivity index (χ2v) is 32.4. The van der Waals surface area contributed by atoms with E-state index in [0.717, 1.165) is 38.5 Å². The molecule has 566 valence electrons. The number of hydrogen-bond acceptors (Lipinski definition) is 7. The van der Waals surface area contributed by atoms with Crippen molar-refractivity contribution in [3.63, 3.8) is 0 Å². The Morgan fingerprint density at radius 3 is 0.779 bits per heavy atom. The largest absolute Gasteiger partial charge is 0.472 e. The Labute approximate surface area is 594 Å². The maximum absolute atomic E-state index is 12.9. The van der Waals surface area contributed by atoms with Gasteiger partial charge in [-0.3, -0.25) is 18.6 Å². The molecular formula is C85H169NO8P+. The zero-order chi connectivity index (χ0) is 69.0. The van der Waals surface area contributed by atoms with Crippen LogP contribution in [0.3, 0.4) is 0 Å². The number of hydrogen-bond donors (Lipinski definition) is 1. The van der Waals surface area contributed by atoms with E-state index in [1.54, 1.807) is 0 Å². The first-order valence-electron chi connectivity index (χ1n) is 42.9. The fourth-order valence-corrected chi connectivity index (χ4v) is 14.2. The third-order valence-corrected chi connectivity index (χ3v) is 21.0. The standard InChI is InChI=1S/C85H168NO8P/c1-6-8-10-12-14-16-18-20-22-24-26-28-30-32-34-36-38-40-42-44-45-47-49-51-53-55-57-59-61-63-65-67-69-71-73-75-77-84(87)91-81-83(82-93-95(89,90)92-80-79-86(3,4)5)94-85(88)78-76-74-72-70-68-66-64-62-60-58-56-54-52-50-48-46-43-41-39-37-35-33-31-29-27-25-23-21-19-17-15-13-11-9-7-2/h25,27,83H,6-24,26,28-82H2,1-5H3/p+1/b27-25-. The van der Waals surface area contributed by atoms with Gasteiger partial charge in [-0.1, -0.05) is 431 Å². The van der Waals surface area contributed by atoms with E-state index in [4.69, 9.17) is 18.5 Å². The summed E-state index contributed by atoms with van der Waals surface area (Å²) in [5, 5.41) is 0. The average molecular weight is 1360 g/mol. The van der Waals surface area contributed by atoms with E-state index in [1.165, 1.54) is 405 Å². The van der Waals surface area contributed by atoms with Gasteiger partial charge in [-0.05, 0) is 38.5 Å². The van der Waals surface area contributed by atoms with Gasteiger partial charge in [0.15, 0.2) is 6.10 Å². The summed E-state index contributed by atoms with van der Waals surface area (Å²) < 4.78 is 34.9. The van der Waals surface area contributed by atoms with Crippen LogP contribution in [0.4, 0.5) is 0 Å². The molecule has 2 unspecified atom stereocenters. The van der Waals surface area contributed by atoms with Crippen molar-refractivity contribution in [3.8, 4) is 0 Å². The lowest BCUT2D eigenvalue weighted by Gasteiger charge is -2.24. The summed E-state index contributed by atoms with van der Waals surface area (Å²) in [6, 6.07) is 0. The van der Waals surface area contributed by atoms with Crippen LogP contribution in [-0.2, 0) is 32.7 Å². The number of unbranched alkanes of at least 4 members (excludes halogenated alkanes) is 66. The average Bonchev–Trinajstić information content (AvgIpc) is 2.16. The molecule has 0 amide bonds. The number of allylic oxidation sites excluding steroid dienone is 2. The molecular weight excluding hydrogens is 1190 g/mol. The number of ether oxygens (including phenoxy) is 2. The summed E-state index contributed by atoms with van der Waals surface area (Å²) in [5.41, 5.74) is 0. The number of rotatable bonds is 82. The van der Waals surface area contributed by atoms with E-state index < -0.39 is 26.5 Å². The Hall–Kier alpha value is -1.25. The van der Waals surface area contributed by atoms with Crippen molar-refractivity contribution in [3.05, 3.63) is 12.2 Å². The smallest absolute Gasteiger partial charge is 0.462 e. The van der Waals surface area contributed by atoms with E-state index in [1.807, 2.05) is 21.1 Å². The van der Waals surface area contributed by atoms with Crippen molar-refractivity contribution in [1.29, 1.82) is 0 Å². The van der Waals surface area contributed by atoms with Crippen molar-refractivity contribution in [2.45, 2.75) is 476 Å². The fourth-order valence-electron chi connectivity index (χ4n) is 13.5. The first-order valence-corrected chi connectivity index (χ1v) is 44.4. The second kappa shape index (κ2) is 76.9. The highest BCUT2D eigenvalue weighted by Crippen LogP contribution is 2.43. The third kappa shape index (κ3) is 81.6. The van der Waals surface area contributed by atoms with Crippen LogP contribution in [0.2, 0.25) is 0 Å². The zero-order valence-corrected chi connectivity index (χ0v) is 65.9. The SMILES string of the molecule is CCCCCCCCCC/C=C\CCCCCCCCCCCCCCCCCCCCCCCCCC(=O)OC(COC(=O)CCCCCCCCCCCCCCCCCCCCCCCCCCCCCCCCCCCCCC)COP(=O)(O)OCC[N+](C)(C)C. The number of nitrogens with zero attached hydrogens (tertiary/aromatic N) is 1. The normalized spacial score (nSPS) is 12.9. The molecule has 0 aliphatic heterocycles. The van der Waals surface area contributed by atoms with Gasteiger partial charge < -0.3 is 18.9 Å². The Morgan fingerprint density at radius 1 is 0.316 bits per heavy atom. The molecule has 0 aliphatic rings. The molecule has 0 bridgehead atoms. The molecule has 0 saturated heterocycles. The Morgan fingerprint density at radius 2 is 0.537 bits per heavy atom. The molecule has 0 saturated carbocycles. The van der Waals surface area contributed by atoms with Gasteiger partial charge in [0.25, 0.3) is 0 Å². The summed E-state index contributed by atoms with van der Waals surface area (Å²) in [6.45, 7) is 4.54. The van der Waals surface area contributed by atoms with Crippen LogP contribution in [0.25, 0.3) is 0 Å². The second-order valence-electron chi connectivity index (χ2n) is 30.9. The number of carbonyl (C=O) groups excluding carboxylic acids is 2. The molecule has 0 aromatic carbocycles. The summed E-state index contributed by atoms with van der Waals surface area (Å²) >= 11 is 0. The van der Waals surface area contributed by atoms with Crippen molar-refractivity contribution < 1.29 is 42.1 Å². The molecule has 0 heterocycles. The number of phosphoric acid groups is 1. The minimum absolute atomic E-state index is 0.0371. The quantitative estimate of drug-likeness (QED) is 0.0211. The molecule has 0 radical (unpaired) electrons. The van der Waals surface area contributed by atoms with Gasteiger partial charge in [-0.2, -0.15) is 0 Å². The molecule has 0 fully saturated rings. The highest BCUT2D eigenvalue weighted by atomic mass is 31.2. The number of likely N-dealkylation sites (N-methyl/N-ethyl adjacent to an activating group) is 1. The molecule has 1 N–H and O–H groups in total. The van der Waals surface area contributed by atoms with Gasteiger partial charge in [0, 0.05) is 12.8 Å². The van der Waals surface area contributed by atoms with Crippen LogP contribution in [0.5, 0.6) is 0 Å². The molecule has 0 aliphatic carbocycles. The minimum atomic E-state index is -4.39. The Balaban J connectivity index is 3.85. The van der Waals surface area contributed by atoms with E-state index in [0.29, 0.717) is 17.4 Å². The monoisotopic (exact) mass is 1360 g/mol. The van der Waals surface area contributed by atoms with Crippen molar-refractivity contribution in [1.82, 2.24) is 0 Å². The minimum Gasteiger partial charge on any atom is -0.462 e. The summed E-state index contributed by atoms with van der Waals surface area (Å²) in [6.07, 6.45) is 98.3. The van der Waals surface area contributed by atoms with Crippen LogP contribution in [0.15, 0.2) is 12.2 Å². The first-order chi connectivity index (χ1) is 46.5. The van der Waals surface area contributed by atoms with Gasteiger partial charge in [0.1, 0.15) is 19.8 Å². The van der Waals surface area contributed by atoms with E-state index in [2.05, 4.69) is 26.0 Å². The molecule has 2 atom stereocenters. The highest BCUT2D eigenvalue weighted by molar-refractivity contribution is 7.47. The topological polar surface area (TPSA) is 108 Å². The maximum atomic E-state index is 12.9. The van der Waals surface area contributed by atoms with Gasteiger partial charge in [0.2, 0.25) is 0 Å². The summed E-state index contributed by atoms with van der Waals surface area (Å²) in [7, 11) is 1.51. The van der Waals surface area contributed by atoms with E-state index in [-0.39, 0.29) is 25.6 Å². The Kier molecular flexibility index (Phi) is 75.9. The van der Waals surface area contributed by atoms with Gasteiger partial charge in [-0.15, -0.1) is 0 Å². The fraction of sp³-hybridized carbons (Fsp3) is 0.953. The lowest BCUT2D eigenvalue weighted by atomic mass is 10.0. The lowest BCUT2D eigenvalue weighted by Crippen LogP contribution is -2.37. The van der Waals surface area contributed by atoms with Gasteiger partial charge in [0.05, 0.1) is 27.7 Å². The third-order valence-electron chi connectivity index (χ3n) is 20.0. The van der Waals surface area contributed by atoms with Crippen LogP contribution < -0.4 is 0 Å². The summed E-state index contributed by atoms with van der Waals surface area (Å²) in [4.78, 5) is 36.0. The van der Waals surface area contributed by atoms with Crippen molar-refractivity contribution in [2.75, 3.05) is 47.5 Å². The van der Waals surface area contributed by atoms with Crippen LogP contribution in [0.1, 0.15) is 470 Å². The zero-order valence-electron chi connectivity index (χ0n) is 65.0. The lowest BCUT2D eigenvalue weighted by molar-refractivity contribution is -0.870. The molecule has 0 rings (SSSR count). The van der Waals surface area contributed by atoms with Gasteiger partial charge in [-0.25, -0.2) is 4.57 Å². The van der Waals surface area contributed by atoms with E-state index >= 15 is 0 Å². The molecule has 10 heteroatoms.